The molecule has 0 spiro atoms. The minimum Gasteiger partial charge on any atom is -0.385 e. The molecule has 0 aromatic carbocycles. The van der Waals surface area contributed by atoms with Crippen LogP contribution in [-0.2, 0) is 19.4 Å². The number of methoxy groups -OCH3 is 1. The minimum absolute atomic E-state index is 0.00963. The van der Waals surface area contributed by atoms with Crippen molar-refractivity contribution in [2.75, 3.05) is 44.9 Å². The molecule has 0 bridgehead atoms. The third kappa shape index (κ3) is 4.66. The molecule has 0 saturated carbocycles. The Labute approximate surface area is 127 Å². The highest BCUT2D eigenvalue weighted by Crippen LogP contribution is 2.22. The summed E-state index contributed by atoms with van der Waals surface area (Å²) in [6.45, 7) is 2.85. The second kappa shape index (κ2) is 7.56. The number of carbonyl (C=O) groups is 1. The van der Waals surface area contributed by atoms with E-state index in [2.05, 4.69) is 5.32 Å². The van der Waals surface area contributed by atoms with Crippen molar-refractivity contribution >= 4 is 15.7 Å². The van der Waals surface area contributed by atoms with Crippen LogP contribution in [0.2, 0.25) is 0 Å². The molecule has 7 heteroatoms. The summed E-state index contributed by atoms with van der Waals surface area (Å²) in [6.07, 6.45) is 3.22. The van der Waals surface area contributed by atoms with Gasteiger partial charge in [0.2, 0.25) is 5.91 Å². The van der Waals surface area contributed by atoms with E-state index in [0.29, 0.717) is 26.1 Å². The van der Waals surface area contributed by atoms with Crippen LogP contribution in [0.3, 0.4) is 0 Å². The predicted molar refractivity (Wildman–Crippen MR) is 80.9 cm³/mol. The van der Waals surface area contributed by atoms with Crippen LogP contribution in [0.1, 0.15) is 25.7 Å². The molecule has 6 nitrogen and oxygen atoms in total. The first-order valence-corrected chi connectivity index (χ1v) is 9.56. The third-order valence-electron chi connectivity index (χ3n) is 4.33. The monoisotopic (exact) mass is 318 g/mol. The van der Waals surface area contributed by atoms with Gasteiger partial charge >= 0.3 is 0 Å². The number of rotatable bonds is 6. The fourth-order valence-electron chi connectivity index (χ4n) is 3.17. The first kappa shape index (κ1) is 16.7. The lowest BCUT2D eigenvalue weighted by molar-refractivity contribution is -0.138. The average molecular weight is 318 g/mol. The van der Waals surface area contributed by atoms with E-state index in [4.69, 9.17) is 4.74 Å². The van der Waals surface area contributed by atoms with Crippen molar-refractivity contribution in [2.45, 2.75) is 31.7 Å². The molecule has 122 valence electrons. The summed E-state index contributed by atoms with van der Waals surface area (Å²) >= 11 is 0. The van der Waals surface area contributed by atoms with E-state index >= 15 is 0 Å². The molecule has 0 aromatic rings. The van der Waals surface area contributed by atoms with Gasteiger partial charge in [-0.25, -0.2) is 8.42 Å². The molecule has 2 unspecified atom stereocenters. The number of nitrogens with zero attached hydrogens (tertiary/aromatic N) is 1. The number of nitrogens with one attached hydrogen (secondary N) is 1. The number of hydrogen-bond acceptors (Lipinski definition) is 5. The second-order valence-electron chi connectivity index (χ2n) is 5.98. The molecule has 2 fully saturated rings. The molecule has 21 heavy (non-hydrogen) atoms. The first-order valence-electron chi connectivity index (χ1n) is 7.74. The fourth-order valence-corrected chi connectivity index (χ4v) is 4.90. The van der Waals surface area contributed by atoms with Crippen molar-refractivity contribution in [3.8, 4) is 0 Å². The maximum absolute atomic E-state index is 12.7. The number of sulfone groups is 1. The van der Waals surface area contributed by atoms with Gasteiger partial charge in [-0.15, -0.1) is 0 Å². The zero-order chi connectivity index (χ0) is 15.3. The van der Waals surface area contributed by atoms with Crippen LogP contribution in [0, 0.1) is 5.92 Å². The number of carbonyl (C=O) groups excluding carboxylic acids is 1. The lowest BCUT2D eigenvalue weighted by Gasteiger charge is -2.33. The van der Waals surface area contributed by atoms with E-state index in [1.165, 1.54) is 0 Å². The summed E-state index contributed by atoms with van der Waals surface area (Å²) in [5.74, 6) is 0.422. The molecule has 1 N–H and O–H groups in total. The van der Waals surface area contributed by atoms with E-state index in [9.17, 15) is 13.2 Å². The van der Waals surface area contributed by atoms with Gasteiger partial charge in [0.15, 0.2) is 9.84 Å². The van der Waals surface area contributed by atoms with Crippen LogP contribution in [-0.4, -0.2) is 70.1 Å². The third-order valence-corrected chi connectivity index (χ3v) is 6.08. The largest absolute Gasteiger partial charge is 0.385 e. The lowest BCUT2D eigenvalue weighted by Crippen LogP contribution is -2.48. The van der Waals surface area contributed by atoms with Gasteiger partial charge in [0, 0.05) is 32.8 Å². The Balaban J connectivity index is 2.02. The normalized spacial score (nSPS) is 28.4. The van der Waals surface area contributed by atoms with Crippen LogP contribution in [0.4, 0.5) is 0 Å². The van der Waals surface area contributed by atoms with Gasteiger partial charge in [-0.2, -0.15) is 0 Å². The van der Waals surface area contributed by atoms with Crippen molar-refractivity contribution in [1.29, 1.82) is 0 Å². The van der Waals surface area contributed by atoms with E-state index in [0.717, 1.165) is 25.8 Å². The number of piperidine rings is 1. The summed E-state index contributed by atoms with van der Waals surface area (Å²) in [5.41, 5.74) is 0. The number of amides is 1. The van der Waals surface area contributed by atoms with Crippen molar-refractivity contribution in [3.05, 3.63) is 0 Å². The van der Waals surface area contributed by atoms with Crippen LogP contribution in [0.25, 0.3) is 0 Å². The maximum Gasteiger partial charge on any atom is 0.227 e. The smallest absolute Gasteiger partial charge is 0.227 e. The second-order valence-corrected chi connectivity index (χ2v) is 8.21. The molecule has 0 radical (unpaired) electrons. The predicted octanol–water partition coefficient (Wildman–Crippen LogP) is 0.0382. The van der Waals surface area contributed by atoms with Crippen LogP contribution < -0.4 is 5.32 Å². The van der Waals surface area contributed by atoms with Crippen molar-refractivity contribution < 1.29 is 17.9 Å². The van der Waals surface area contributed by atoms with Gasteiger partial charge in [-0.3, -0.25) is 4.79 Å². The lowest BCUT2D eigenvalue weighted by atomic mass is 9.97. The molecule has 0 aromatic heterocycles. The SMILES string of the molecule is COCCCN(C(=O)C1CCCNC1)C1CCS(=O)(=O)C1. The standard InChI is InChI=1S/C14H26N2O4S/c1-20-8-3-7-16(13-5-9-21(18,19)11-13)14(17)12-4-2-6-15-10-12/h12-13,15H,2-11H2,1H3. The van der Waals surface area contributed by atoms with Crippen LogP contribution in [0.15, 0.2) is 0 Å². The summed E-state index contributed by atoms with van der Waals surface area (Å²) in [5, 5.41) is 3.25. The Hall–Kier alpha value is -0.660. The summed E-state index contributed by atoms with van der Waals surface area (Å²) in [7, 11) is -1.34. The molecule has 0 aliphatic carbocycles. The number of ether oxygens (including phenoxy) is 1. The molecule has 2 aliphatic rings. The molecule has 2 aliphatic heterocycles. The van der Waals surface area contributed by atoms with Crippen molar-refractivity contribution in [1.82, 2.24) is 10.2 Å². The van der Waals surface area contributed by atoms with Gasteiger partial charge in [0.25, 0.3) is 0 Å². The molecule has 2 heterocycles. The van der Waals surface area contributed by atoms with E-state index in [-0.39, 0.29) is 29.4 Å². The highest BCUT2D eigenvalue weighted by molar-refractivity contribution is 7.91. The fraction of sp³-hybridized carbons (Fsp3) is 0.929. The Kier molecular flexibility index (Phi) is 6.01. The maximum atomic E-state index is 12.7. The Morgan fingerprint density at radius 2 is 2.19 bits per heavy atom. The summed E-state index contributed by atoms with van der Waals surface area (Å²) in [4.78, 5) is 14.5. The van der Waals surface area contributed by atoms with E-state index in [1.54, 1.807) is 12.0 Å². The van der Waals surface area contributed by atoms with Gasteiger partial charge in [-0.05, 0) is 32.2 Å². The summed E-state index contributed by atoms with van der Waals surface area (Å²) in [6, 6.07) is -0.152. The Morgan fingerprint density at radius 1 is 1.38 bits per heavy atom. The van der Waals surface area contributed by atoms with Crippen LogP contribution in [0.5, 0.6) is 0 Å². The number of hydrogen-bond donors (Lipinski definition) is 1. The van der Waals surface area contributed by atoms with Gasteiger partial charge in [0.1, 0.15) is 0 Å². The highest BCUT2D eigenvalue weighted by atomic mass is 32.2. The van der Waals surface area contributed by atoms with Crippen molar-refractivity contribution in [2.24, 2.45) is 5.92 Å². The van der Waals surface area contributed by atoms with Gasteiger partial charge < -0.3 is 15.0 Å². The van der Waals surface area contributed by atoms with Gasteiger partial charge in [0.05, 0.1) is 17.4 Å². The molecule has 2 saturated heterocycles. The quantitative estimate of drug-likeness (QED) is 0.700. The van der Waals surface area contributed by atoms with E-state index in [1.807, 2.05) is 0 Å². The zero-order valence-electron chi connectivity index (χ0n) is 12.7. The molecule has 1 amide bonds. The average Bonchev–Trinajstić information content (AvgIpc) is 2.84. The van der Waals surface area contributed by atoms with Gasteiger partial charge in [-0.1, -0.05) is 0 Å². The Morgan fingerprint density at radius 3 is 2.76 bits per heavy atom. The highest BCUT2D eigenvalue weighted by Gasteiger charge is 2.36. The molecule has 2 rings (SSSR count). The van der Waals surface area contributed by atoms with Crippen molar-refractivity contribution in [3.63, 3.8) is 0 Å². The molecule has 2 atom stereocenters. The summed E-state index contributed by atoms with van der Waals surface area (Å²) < 4.78 is 28.5. The minimum atomic E-state index is -2.98. The molecular formula is C14H26N2O4S. The zero-order valence-corrected chi connectivity index (χ0v) is 13.5. The topological polar surface area (TPSA) is 75.7 Å². The Bertz CT molecular complexity index is 446. The molecular weight excluding hydrogens is 292 g/mol. The van der Waals surface area contributed by atoms with E-state index < -0.39 is 9.84 Å². The first-order chi connectivity index (χ1) is 10.0. The van der Waals surface area contributed by atoms with Crippen LogP contribution >= 0.6 is 0 Å².